The summed E-state index contributed by atoms with van der Waals surface area (Å²) in [4.78, 5) is 0. The van der Waals surface area contributed by atoms with E-state index in [2.05, 4.69) is 0 Å². The van der Waals surface area contributed by atoms with Gasteiger partial charge < -0.3 is 0 Å². The molecule has 0 radical (unpaired) electrons. The third-order valence-electron chi connectivity index (χ3n) is 3.02. The molecule has 0 aromatic heterocycles. The maximum Gasteiger partial charge on any atom is 0.403 e. The first-order valence-corrected chi connectivity index (χ1v) is 3.70. The Kier molecular flexibility index (Phi) is 1.91. The summed E-state index contributed by atoms with van der Waals surface area (Å²) in [6.45, 7) is 1.96. The Hall–Kier alpha value is -0.420. The fourth-order valence-electron chi connectivity index (χ4n) is 1.97. The Labute approximate surface area is 70.9 Å². The van der Waals surface area contributed by atoms with Crippen molar-refractivity contribution < 1.29 is 26.3 Å². The Bertz CT molecular complexity index is 188. The van der Waals surface area contributed by atoms with E-state index in [1.54, 1.807) is 0 Å². The molecule has 1 rings (SSSR count). The van der Waals surface area contributed by atoms with Gasteiger partial charge in [0.1, 0.15) is 0 Å². The van der Waals surface area contributed by atoms with Gasteiger partial charge in [-0.3, -0.25) is 0 Å². The Balaban J connectivity index is 3.09. The van der Waals surface area contributed by atoms with Crippen molar-refractivity contribution in [3.05, 3.63) is 0 Å². The molecule has 0 amide bonds. The lowest BCUT2D eigenvalue weighted by atomic mass is 10.0. The van der Waals surface area contributed by atoms with Crippen molar-refractivity contribution in [2.45, 2.75) is 26.2 Å². The van der Waals surface area contributed by atoms with Gasteiger partial charge in [-0.15, -0.1) is 0 Å². The average molecular weight is 206 g/mol. The second kappa shape index (κ2) is 2.33. The van der Waals surface area contributed by atoms with E-state index in [4.69, 9.17) is 0 Å². The van der Waals surface area contributed by atoms with Gasteiger partial charge in [-0.25, -0.2) is 0 Å². The molecule has 1 aliphatic rings. The SMILES string of the molecule is C[C@@H]1[C@@H](C)C1(C(F)(F)F)C(F)(F)F. The van der Waals surface area contributed by atoms with E-state index in [9.17, 15) is 26.3 Å². The van der Waals surface area contributed by atoms with Crippen molar-refractivity contribution in [3.8, 4) is 0 Å². The molecule has 0 aliphatic heterocycles. The van der Waals surface area contributed by atoms with Gasteiger partial charge in [-0.2, -0.15) is 26.3 Å². The standard InChI is InChI=1S/C7H8F6/c1-3-4(2)5(3,6(8,9)10)7(11,12)13/h3-4H,1-2H3/t3-,4-/m1/s1. The summed E-state index contributed by atoms with van der Waals surface area (Å²) < 4.78 is 73.0. The molecular formula is C7H8F6. The third-order valence-corrected chi connectivity index (χ3v) is 3.02. The molecule has 0 aromatic carbocycles. The largest absolute Gasteiger partial charge is 0.403 e. The predicted molar refractivity (Wildman–Crippen MR) is 32.9 cm³/mol. The van der Waals surface area contributed by atoms with E-state index in [-0.39, 0.29) is 0 Å². The molecule has 13 heavy (non-hydrogen) atoms. The lowest BCUT2D eigenvalue weighted by molar-refractivity contribution is -0.309. The third kappa shape index (κ3) is 1.07. The highest BCUT2D eigenvalue weighted by atomic mass is 19.4. The topological polar surface area (TPSA) is 0 Å². The Morgan fingerprint density at radius 1 is 0.769 bits per heavy atom. The van der Waals surface area contributed by atoms with E-state index in [0.29, 0.717) is 0 Å². The maximum absolute atomic E-state index is 12.2. The second-order valence-electron chi connectivity index (χ2n) is 3.44. The van der Waals surface area contributed by atoms with E-state index >= 15 is 0 Å². The van der Waals surface area contributed by atoms with E-state index < -0.39 is 29.6 Å². The van der Waals surface area contributed by atoms with Crippen molar-refractivity contribution in [3.63, 3.8) is 0 Å². The van der Waals surface area contributed by atoms with Crippen molar-refractivity contribution in [1.82, 2.24) is 0 Å². The molecule has 6 heteroatoms. The van der Waals surface area contributed by atoms with E-state index in [1.165, 1.54) is 0 Å². The normalized spacial score (nSPS) is 33.2. The molecule has 0 saturated heterocycles. The minimum Gasteiger partial charge on any atom is -0.170 e. The fourth-order valence-corrected chi connectivity index (χ4v) is 1.97. The van der Waals surface area contributed by atoms with Crippen molar-refractivity contribution in [2.24, 2.45) is 17.3 Å². The van der Waals surface area contributed by atoms with Crippen LogP contribution < -0.4 is 0 Å². The molecule has 1 aliphatic carbocycles. The number of hydrogen-bond acceptors (Lipinski definition) is 0. The van der Waals surface area contributed by atoms with Crippen molar-refractivity contribution in [2.75, 3.05) is 0 Å². The summed E-state index contributed by atoms with van der Waals surface area (Å²) >= 11 is 0. The van der Waals surface area contributed by atoms with Crippen LogP contribution in [0.2, 0.25) is 0 Å². The highest BCUT2D eigenvalue weighted by Crippen LogP contribution is 2.73. The number of alkyl halides is 6. The van der Waals surface area contributed by atoms with Gasteiger partial charge in [0.15, 0.2) is 5.41 Å². The summed E-state index contributed by atoms with van der Waals surface area (Å²) in [6.07, 6.45) is -10.4. The van der Waals surface area contributed by atoms with E-state index in [1.807, 2.05) is 0 Å². The molecule has 2 atom stereocenters. The summed E-state index contributed by atoms with van der Waals surface area (Å²) in [5.74, 6) is -2.74. The second-order valence-corrected chi connectivity index (χ2v) is 3.44. The maximum atomic E-state index is 12.2. The molecule has 0 N–H and O–H groups in total. The molecular weight excluding hydrogens is 198 g/mol. The number of hydrogen-bond donors (Lipinski definition) is 0. The number of halogens is 6. The van der Waals surface area contributed by atoms with Crippen LogP contribution in [0.5, 0.6) is 0 Å². The van der Waals surface area contributed by atoms with Gasteiger partial charge in [0.05, 0.1) is 0 Å². The highest BCUT2D eigenvalue weighted by molar-refractivity contribution is 5.14. The Morgan fingerprint density at radius 2 is 1.00 bits per heavy atom. The van der Waals surface area contributed by atoms with Crippen LogP contribution in [-0.4, -0.2) is 12.4 Å². The monoisotopic (exact) mass is 206 g/mol. The van der Waals surface area contributed by atoms with Gasteiger partial charge >= 0.3 is 12.4 Å². The minimum absolute atomic E-state index is 0.978. The molecule has 0 nitrogen and oxygen atoms in total. The lowest BCUT2D eigenvalue weighted by Crippen LogP contribution is -2.41. The van der Waals surface area contributed by atoms with Gasteiger partial charge in [0.2, 0.25) is 0 Å². The van der Waals surface area contributed by atoms with Gasteiger partial charge in [0.25, 0.3) is 0 Å². The smallest absolute Gasteiger partial charge is 0.170 e. The Morgan fingerprint density at radius 3 is 1.00 bits per heavy atom. The average Bonchev–Trinajstić information content (AvgIpc) is 2.32. The first-order valence-electron chi connectivity index (χ1n) is 3.70. The molecule has 78 valence electrons. The summed E-state index contributed by atoms with van der Waals surface area (Å²) in [5, 5.41) is 0. The van der Waals surface area contributed by atoms with Crippen LogP contribution >= 0.6 is 0 Å². The van der Waals surface area contributed by atoms with Crippen LogP contribution in [0.1, 0.15) is 13.8 Å². The van der Waals surface area contributed by atoms with Gasteiger partial charge in [0, 0.05) is 0 Å². The van der Waals surface area contributed by atoms with Crippen LogP contribution in [0.3, 0.4) is 0 Å². The zero-order valence-corrected chi connectivity index (χ0v) is 6.92. The first kappa shape index (κ1) is 10.7. The fraction of sp³-hybridized carbons (Fsp3) is 1.00. The summed E-state index contributed by atoms with van der Waals surface area (Å²) in [6, 6.07) is 0. The quantitative estimate of drug-likeness (QED) is 0.533. The van der Waals surface area contributed by atoms with Crippen molar-refractivity contribution >= 4 is 0 Å². The molecule has 0 spiro atoms. The molecule has 0 heterocycles. The zero-order valence-electron chi connectivity index (χ0n) is 6.92. The van der Waals surface area contributed by atoms with E-state index in [0.717, 1.165) is 13.8 Å². The molecule has 0 aromatic rings. The minimum atomic E-state index is -5.19. The number of rotatable bonds is 0. The first-order chi connectivity index (χ1) is 5.57. The summed E-state index contributed by atoms with van der Waals surface area (Å²) in [5.41, 5.74) is -3.46. The molecule has 1 saturated carbocycles. The van der Waals surface area contributed by atoms with Crippen LogP contribution in [0, 0.1) is 17.3 Å². The molecule has 0 unspecified atom stereocenters. The van der Waals surface area contributed by atoms with Gasteiger partial charge in [-0.05, 0) is 11.8 Å². The molecule has 0 bridgehead atoms. The van der Waals surface area contributed by atoms with Crippen LogP contribution in [0.4, 0.5) is 26.3 Å². The van der Waals surface area contributed by atoms with Gasteiger partial charge in [-0.1, -0.05) is 13.8 Å². The van der Waals surface area contributed by atoms with Crippen LogP contribution in [0.15, 0.2) is 0 Å². The zero-order chi connectivity index (χ0) is 10.7. The predicted octanol–water partition coefficient (Wildman–Crippen LogP) is 3.38. The van der Waals surface area contributed by atoms with Crippen molar-refractivity contribution in [1.29, 1.82) is 0 Å². The lowest BCUT2D eigenvalue weighted by Gasteiger charge is -2.24. The van der Waals surface area contributed by atoms with Crippen LogP contribution in [0.25, 0.3) is 0 Å². The highest BCUT2D eigenvalue weighted by Gasteiger charge is 2.86. The molecule has 1 fully saturated rings. The van der Waals surface area contributed by atoms with Crippen LogP contribution in [-0.2, 0) is 0 Å². The summed E-state index contributed by atoms with van der Waals surface area (Å²) in [7, 11) is 0.